The molecule has 0 aromatic carbocycles. The molecule has 0 bridgehead atoms. The standard InChI is InChI=1S/C18H38/c1-6-9-11-12-14-16-18(5,17(4)8-3)15-13-10-7-2/h17H,6-16H2,1-5H3. The minimum Gasteiger partial charge on any atom is -0.0654 e. The summed E-state index contributed by atoms with van der Waals surface area (Å²) in [7, 11) is 0. The highest BCUT2D eigenvalue weighted by Crippen LogP contribution is 2.40. The Balaban J connectivity index is 4.04. The molecule has 0 saturated heterocycles. The molecular formula is C18H38. The van der Waals surface area contributed by atoms with Crippen molar-refractivity contribution in [3.05, 3.63) is 0 Å². The van der Waals surface area contributed by atoms with Crippen LogP contribution in [0.2, 0.25) is 0 Å². The Morgan fingerprint density at radius 3 is 1.67 bits per heavy atom. The fraction of sp³-hybridized carbons (Fsp3) is 1.00. The first kappa shape index (κ1) is 18.0. The van der Waals surface area contributed by atoms with Crippen molar-refractivity contribution < 1.29 is 0 Å². The zero-order chi connectivity index (χ0) is 13.9. The van der Waals surface area contributed by atoms with E-state index in [0.717, 1.165) is 5.92 Å². The second-order valence-corrected chi connectivity index (χ2v) is 6.58. The van der Waals surface area contributed by atoms with Crippen LogP contribution in [0, 0.1) is 11.3 Å². The molecule has 0 saturated carbocycles. The summed E-state index contributed by atoms with van der Waals surface area (Å²) >= 11 is 0. The van der Waals surface area contributed by atoms with Gasteiger partial charge < -0.3 is 0 Å². The molecule has 0 N–H and O–H groups in total. The summed E-state index contributed by atoms with van der Waals surface area (Å²) in [6.07, 6.45) is 15.6. The summed E-state index contributed by atoms with van der Waals surface area (Å²) in [6.45, 7) is 12.0. The summed E-state index contributed by atoms with van der Waals surface area (Å²) in [5, 5.41) is 0. The molecule has 0 aliphatic carbocycles. The third kappa shape index (κ3) is 7.44. The molecule has 2 atom stereocenters. The quantitative estimate of drug-likeness (QED) is 0.329. The van der Waals surface area contributed by atoms with Crippen LogP contribution in [0.4, 0.5) is 0 Å². The Labute approximate surface area is 117 Å². The van der Waals surface area contributed by atoms with Crippen LogP contribution in [0.5, 0.6) is 0 Å². The predicted octanol–water partition coefficient (Wildman–Crippen LogP) is 6.98. The van der Waals surface area contributed by atoms with E-state index in [1.807, 2.05) is 0 Å². The van der Waals surface area contributed by atoms with Gasteiger partial charge in [-0.1, -0.05) is 92.4 Å². The second kappa shape index (κ2) is 10.9. The van der Waals surface area contributed by atoms with Crippen molar-refractivity contribution in [2.45, 2.75) is 105 Å². The van der Waals surface area contributed by atoms with Gasteiger partial charge in [-0.25, -0.2) is 0 Å². The van der Waals surface area contributed by atoms with Gasteiger partial charge in [0.05, 0.1) is 0 Å². The van der Waals surface area contributed by atoms with Gasteiger partial charge in [-0.2, -0.15) is 0 Å². The molecule has 18 heavy (non-hydrogen) atoms. The van der Waals surface area contributed by atoms with Crippen LogP contribution in [-0.4, -0.2) is 0 Å². The van der Waals surface area contributed by atoms with Gasteiger partial charge in [-0.3, -0.25) is 0 Å². The van der Waals surface area contributed by atoms with Gasteiger partial charge in [0.2, 0.25) is 0 Å². The van der Waals surface area contributed by atoms with E-state index in [-0.39, 0.29) is 0 Å². The lowest BCUT2D eigenvalue weighted by molar-refractivity contribution is 0.151. The van der Waals surface area contributed by atoms with Crippen LogP contribution < -0.4 is 0 Å². The van der Waals surface area contributed by atoms with E-state index in [9.17, 15) is 0 Å². The lowest BCUT2D eigenvalue weighted by Gasteiger charge is -2.36. The van der Waals surface area contributed by atoms with E-state index < -0.39 is 0 Å². The summed E-state index contributed by atoms with van der Waals surface area (Å²) in [6, 6.07) is 0. The monoisotopic (exact) mass is 254 g/mol. The number of hydrogen-bond acceptors (Lipinski definition) is 0. The maximum Gasteiger partial charge on any atom is -0.0300 e. The molecule has 0 radical (unpaired) electrons. The third-order valence-corrected chi connectivity index (χ3v) is 5.00. The first-order chi connectivity index (χ1) is 8.60. The van der Waals surface area contributed by atoms with E-state index in [1.54, 1.807) is 0 Å². The molecule has 0 aromatic heterocycles. The minimum atomic E-state index is 0.607. The molecule has 0 rings (SSSR count). The molecule has 0 fully saturated rings. The average molecular weight is 255 g/mol. The van der Waals surface area contributed by atoms with Crippen LogP contribution in [-0.2, 0) is 0 Å². The first-order valence-corrected chi connectivity index (χ1v) is 8.60. The van der Waals surface area contributed by atoms with Gasteiger partial charge in [-0.05, 0) is 24.2 Å². The predicted molar refractivity (Wildman–Crippen MR) is 85.1 cm³/mol. The third-order valence-electron chi connectivity index (χ3n) is 5.00. The van der Waals surface area contributed by atoms with Gasteiger partial charge in [0.25, 0.3) is 0 Å². The SMILES string of the molecule is CCCCCCCC(C)(CCCCC)C(C)CC. The molecule has 0 nitrogen and oxygen atoms in total. The van der Waals surface area contributed by atoms with E-state index >= 15 is 0 Å². The summed E-state index contributed by atoms with van der Waals surface area (Å²) in [5.74, 6) is 0.889. The van der Waals surface area contributed by atoms with E-state index in [4.69, 9.17) is 0 Å². The Kier molecular flexibility index (Phi) is 10.9. The van der Waals surface area contributed by atoms with Crippen LogP contribution >= 0.6 is 0 Å². The van der Waals surface area contributed by atoms with Crippen molar-refractivity contribution in [2.24, 2.45) is 11.3 Å². The molecule has 110 valence electrons. The normalized spacial score (nSPS) is 16.5. The van der Waals surface area contributed by atoms with Crippen LogP contribution in [0.3, 0.4) is 0 Å². The zero-order valence-corrected chi connectivity index (χ0v) is 13.9. The van der Waals surface area contributed by atoms with Gasteiger partial charge in [-0.15, -0.1) is 0 Å². The number of hydrogen-bond donors (Lipinski definition) is 0. The maximum absolute atomic E-state index is 2.55. The Bertz CT molecular complexity index is 173. The van der Waals surface area contributed by atoms with Crippen molar-refractivity contribution in [3.63, 3.8) is 0 Å². The Morgan fingerprint density at radius 1 is 0.722 bits per heavy atom. The van der Waals surface area contributed by atoms with E-state index in [2.05, 4.69) is 34.6 Å². The molecular weight excluding hydrogens is 216 g/mol. The molecule has 0 heterocycles. The van der Waals surface area contributed by atoms with Crippen molar-refractivity contribution in [1.29, 1.82) is 0 Å². The van der Waals surface area contributed by atoms with Crippen molar-refractivity contribution in [1.82, 2.24) is 0 Å². The molecule has 0 spiro atoms. The molecule has 2 unspecified atom stereocenters. The Morgan fingerprint density at radius 2 is 1.17 bits per heavy atom. The number of unbranched alkanes of at least 4 members (excludes halogenated alkanes) is 6. The molecule has 0 amide bonds. The van der Waals surface area contributed by atoms with Gasteiger partial charge in [0.15, 0.2) is 0 Å². The topological polar surface area (TPSA) is 0 Å². The highest BCUT2D eigenvalue weighted by atomic mass is 14.3. The molecule has 0 aliphatic heterocycles. The van der Waals surface area contributed by atoms with Crippen LogP contribution in [0.15, 0.2) is 0 Å². The van der Waals surface area contributed by atoms with Crippen molar-refractivity contribution in [2.75, 3.05) is 0 Å². The maximum atomic E-state index is 2.55. The summed E-state index contributed by atoms with van der Waals surface area (Å²) in [4.78, 5) is 0. The fourth-order valence-corrected chi connectivity index (χ4v) is 3.02. The smallest absolute Gasteiger partial charge is 0.0300 e. The average Bonchev–Trinajstić information content (AvgIpc) is 2.38. The van der Waals surface area contributed by atoms with Gasteiger partial charge in [0.1, 0.15) is 0 Å². The fourth-order valence-electron chi connectivity index (χ4n) is 3.02. The largest absolute Gasteiger partial charge is 0.0654 e. The van der Waals surface area contributed by atoms with Crippen LogP contribution in [0.25, 0.3) is 0 Å². The molecule has 0 aliphatic rings. The van der Waals surface area contributed by atoms with Crippen molar-refractivity contribution in [3.8, 4) is 0 Å². The highest BCUT2D eigenvalue weighted by Gasteiger charge is 2.28. The lowest BCUT2D eigenvalue weighted by atomic mass is 9.70. The molecule has 0 heteroatoms. The van der Waals surface area contributed by atoms with Crippen LogP contribution in [0.1, 0.15) is 105 Å². The van der Waals surface area contributed by atoms with E-state index in [1.165, 1.54) is 70.6 Å². The van der Waals surface area contributed by atoms with Gasteiger partial charge >= 0.3 is 0 Å². The Hall–Kier alpha value is 0. The zero-order valence-electron chi connectivity index (χ0n) is 13.9. The summed E-state index contributed by atoms with van der Waals surface area (Å²) in [5.41, 5.74) is 0.607. The minimum absolute atomic E-state index is 0.607. The summed E-state index contributed by atoms with van der Waals surface area (Å²) < 4.78 is 0. The first-order valence-electron chi connectivity index (χ1n) is 8.60. The van der Waals surface area contributed by atoms with Crippen molar-refractivity contribution >= 4 is 0 Å². The molecule has 0 aromatic rings. The lowest BCUT2D eigenvalue weighted by Crippen LogP contribution is -2.25. The highest BCUT2D eigenvalue weighted by molar-refractivity contribution is 4.79. The van der Waals surface area contributed by atoms with E-state index in [0.29, 0.717) is 5.41 Å². The van der Waals surface area contributed by atoms with Gasteiger partial charge in [0, 0.05) is 0 Å². The number of rotatable bonds is 12. The second-order valence-electron chi connectivity index (χ2n) is 6.58.